The van der Waals surface area contributed by atoms with Crippen LogP contribution in [0.1, 0.15) is 11.1 Å². The number of alkyl halides is 3. The fourth-order valence-corrected chi connectivity index (χ4v) is 1.39. The van der Waals surface area contributed by atoms with Crippen molar-refractivity contribution in [3.05, 3.63) is 35.4 Å². The SMILES string of the molecule is COC(Cc1cccc(C)c1)C(F)(F)F. The van der Waals surface area contributed by atoms with Crippen LogP contribution in [-0.2, 0) is 11.2 Å². The summed E-state index contributed by atoms with van der Waals surface area (Å²) < 4.78 is 41.6. The number of methoxy groups -OCH3 is 1. The van der Waals surface area contributed by atoms with Gasteiger partial charge in [0.15, 0.2) is 6.10 Å². The van der Waals surface area contributed by atoms with Gasteiger partial charge in [0.25, 0.3) is 0 Å². The zero-order valence-corrected chi connectivity index (χ0v) is 8.64. The van der Waals surface area contributed by atoms with Crippen LogP contribution in [0, 0.1) is 6.92 Å². The molecule has 0 heterocycles. The van der Waals surface area contributed by atoms with Crippen molar-refractivity contribution in [2.75, 3.05) is 7.11 Å². The summed E-state index contributed by atoms with van der Waals surface area (Å²) in [7, 11) is 1.08. The number of halogens is 3. The van der Waals surface area contributed by atoms with E-state index in [1.54, 1.807) is 18.2 Å². The lowest BCUT2D eigenvalue weighted by Gasteiger charge is -2.18. The van der Waals surface area contributed by atoms with Crippen molar-refractivity contribution in [2.24, 2.45) is 0 Å². The van der Waals surface area contributed by atoms with E-state index in [1.807, 2.05) is 13.0 Å². The molecule has 0 bridgehead atoms. The summed E-state index contributed by atoms with van der Waals surface area (Å²) >= 11 is 0. The monoisotopic (exact) mass is 218 g/mol. The highest BCUT2D eigenvalue weighted by Gasteiger charge is 2.39. The van der Waals surface area contributed by atoms with E-state index in [1.165, 1.54) is 0 Å². The molecule has 0 aliphatic heterocycles. The maximum absolute atomic E-state index is 12.4. The smallest absolute Gasteiger partial charge is 0.372 e. The molecule has 1 rings (SSSR count). The van der Waals surface area contributed by atoms with E-state index in [0.717, 1.165) is 12.7 Å². The second-order valence-corrected chi connectivity index (χ2v) is 3.46. The normalized spacial score (nSPS) is 13.9. The molecule has 0 radical (unpaired) electrons. The van der Waals surface area contributed by atoms with Gasteiger partial charge < -0.3 is 4.74 Å². The highest BCUT2D eigenvalue weighted by Crippen LogP contribution is 2.25. The zero-order valence-electron chi connectivity index (χ0n) is 8.64. The third-order valence-corrected chi connectivity index (χ3v) is 2.15. The average Bonchev–Trinajstić information content (AvgIpc) is 2.12. The lowest BCUT2D eigenvalue weighted by molar-refractivity contribution is -0.212. The van der Waals surface area contributed by atoms with Gasteiger partial charge in [0.05, 0.1) is 0 Å². The quantitative estimate of drug-likeness (QED) is 0.757. The van der Waals surface area contributed by atoms with Crippen molar-refractivity contribution < 1.29 is 17.9 Å². The summed E-state index contributed by atoms with van der Waals surface area (Å²) in [4.78, 5) is 0. The molecule has 1 unspecified atom stereocenters. The molecule has 0 spiro atoms. The first-order chi connectivity index (χ1) is 6.93. The maximum atomic E-state index is 12.4. The second kappa shape index (κ2) is 4.66. The van der Waals surface area contributed by atoms with E-state index in [2.05, 4.69) is 4.74 Å². The zero-order chi connectivity index (χ0) is 11.5. The molecule has 0 N–H and O–H groups in total. The third kappa shape index (κ3) is 3.55. The van der Waals surface area contributed by atoms with Crippen molar-refractivity contribution in [3.8, 4) is 0 Å². The van der Waals surface area contributed by atoms with Crippen LogP contribution >= 0.6 is 0 Å². The molecular formula is C11H13F3O. The van der Waals surface area contributed by atoms with Crippen molar-refractivity contribution in [1.82, 2.24) is 0 Å². The molecule has 84 valence electrons. The highest BCUT2D eigenvalue weighted by atomic mass is 19.4. The molecule has 0 fully saturated rings. The number of aryl methyl sites for hydroxylation is 1. The molecule has 4 heteroatoms. The Morgan fingerprint density at radius 2 is 2.00 bits per heavy atom. The van der Waals surface area contributed by atoms with Crippen molar-refractivity contribution in [3.63, 3.8) is 0 Å². The van der Waals surface area contributed by atoms with Crippen LogP contribution < -0.4 is 0 Å². The van der Waals surface area contributed by atoms with Crippen LogP contribution in [-0.4, -0.2) is 19.4 Å². The summed E-state index contributed by atoms with van der Waals surface area (Å²) in [5.41, 5.74) is 1.59. The second-order valence-electron chi connectivity index (χ2n) is 3.46. The van der Waals surface area contributed by atoms with Crippen molar-refractivity contribution >= 4 is 0 Å². The fraction of sp³-hybridized carbons (Fsp3) is 0.455. The lowest BCUT2D eigenvalue weighted by Crippen LogP contribution is -2.32. The summed E-state index contributed by atoms with van der Waals surface area (Å²) in [5, 5.41) is 0. The van der Waals surface area contributed by atoms with E-state index in [0.29, 0.717) is 5.56 Å². The number of ether oxygens (including phenoxy) is 1. The van der Waals surface area contributed by atoms with Crippen molar-refractivity contribution in [1.29, 1.82) is 0 Å². The van der Waals surface area contributed by atoms with Gasteiger partial charge in [-0.2, -0.15) is 13.2 Å². The molecule has 1 nitrogen and oxygen atoms in total. The van der Waals surface area contributed by atoms with Gasteiger partial charge in [-0.05, 0) is 12.5 Å². The molecule has 0 saturated carbocycles. The molecule has 1 atom stereocenters. The van der Waals surface area contributed by atoms with Crippen LogP contribution in [0.15, 0.2) is 24.3 Å². The Morgan fingerprint density at radius 3 is 2.47 bits per heavy atom. The molecule has 1 aromatic rings. The number of hydrogen-bond acceptors (Lipinski definition) is 1. The van der Waals surface area contributed by atoms with Crippen molar-refractivity contribution in [2.45, 2.75) is 25.6 Å². The number of benzene rings is 1. The highest BCUT2D eigenvalue weighted by molar-refractivity contribution is 5.22. The largest absolute Gasteiger partial charge is 0.414 e. The standard InChI is InChI=1S/C11H13F3O/c1-8-4-3-5-9(6-8)7-10(15-2)11(12,13)14/h3-6,10H,7H2,1-2H3. The molecule has 0 aliphatic carbocycles. The molecule has 0 amide bonds. The van der Waals surface area contributed by atoms with Gasteiger partial charge in [0.1, 0.15) is 0 Å². The van der Waals surface area contributed by atoms with Gasteiger partial charge >= 0.3 is 6.18 Å². The van der Waals surface area contributed by atoms with Gasteiger partial charge in [-0.3, -0.25) is 0 Å². The van der Waals surface area contributed by atoms with Crippen LogP contribution in [0.4, 0.5) is 13.2 Å². The van der Waals surface area contributed by atoms with E-state index in [4.69, 9.17) is 0 Å². The van der Waals surface area contributed by atoms with E-state index in [-0.39, 0.29) is 6.42 Å². The van der Waals surface area contributed by atoms with E-state index >= 15 is 0 Å². The first-order valence-electron chi connectivity index (χ1n) is 4.58. The Hall–Kier alpha value is -1.03. The molecular weight excluding hydrogens is 205 g/mol. The first-order valence-corrected chi connectivity index (χ1v) is 4.58. The predicted molar refractivity (Wildman–Crippen MR) is 51.7 cm³/mol. The Morgan fingerprint density at radius 1 is 1.33 bits per heavy atom. The van der Waals surface area contributed by atoms with Crippen LogP contribution in [0.25, 0.3) is 0 Å². The minimum Gasteiger partial charge on any atom is -0.372 e. The van der Waals surface area contributed by atoms with Crippen LogP contribution in [0.2, 0.25) is 0 Å². The van der Waals surface area contributed by atoms with Crippen LogP contribution in [0.5, 0.6) is 0 Å². The van der Waals surface area contributed by atoms with Gasteiger partial charge in [0, 0.05) is 13.5 Å². The minimum atomic E-state index is -4.31. The van der Waals surface area contributed by atoms with E-state index in [9.17, 15) is 13.2 Å². The average molecular weight is 218 g/mol. The minimum absolute atomic E-state index is 0.137. The fourth-order valence-electron chi connectivity index (χ4n) is 1.39. The van der Waals surface area contributed by atoms with Crippen LogP contribution in [0.3, 0.4) is 0 Å². The number of rotatable bonds is 3. The van der Waals surface area contributed by atoms with Gasteiger partial charge in [-0.1, -0.05) is 29.8 Å². The van der Waals surface area contributed by atoms with E-state index < -0.39 is 12.3 Å². The van der Waals surface area contributed by atoms with Gasteiger partial charge in [-0.25, -0.2) is 0 Å². The Balaban J connectivity index is 2.76. The summed E-state index contributed by atoms with van der Waals surface area (Å²) in [6.45, 7) is 1.85. The molecule has 0 aromatic heterocycles. The lowest BCUT2D eigenvalue weighted by atomic mass is 10.1. The first kappa shape index (κ1) is 12.0. The predicted octanol–water partition coefficient (Wildman–Crippen LogP) is 3.11. The maximum Gasteiger partial charge on any atom is 0.414 e. The summed E-state index contributed by atoms with van der Waals surface area (Å²) in [6.07, 6.45) is -6.17. The molecule has 15 heavy (non-hydrogen) atoms. The topological polar surface area (TPSA) is 9.23 Å². The van der Waals surface area contributed by atoms with Gasteiger partial charge in [0.2, 0.25) is 0 Å². The summed E-state index contributed by atoms with van der Waals surface area (Å²) in [5.74, 6) is 0. The Kier molecular flexibility index (Phi) is 3.74. The molecule has 1 aromatic carbocycles. The van der Waals surface area contributed by atoms with Gasteiger partial charge in [-0.15, -0.1) is 0 Å². The Labute approximate surface area is 86.9 Å². The molecule has 0 saturated heterocycles. The summed E-state index contributed by atoms with van der Waals surface area (Å²) in [6, 6.07) is 7.00. The number of hydrogen-bond donors (Lipinski definition) is 0. The molecule has 0 aliphatic rings. The Bertz CT molecular complexity index is 320. The third-order valence-electron chi connectivity index (χ3n) is 2.15.